The molecule has 2 fully saturated rings. The van der Waals surface area contributed by atoms with Crippen LogP contribution >= 0.6 is 0 Å². The van der Waals surface area contributed by atoms with Crippen LogP contribution in [0.1, 0.15) is 0 Å². The number of nitrogen functional groups attached to an aromatic ring is 3. The van der Waals surface area contributed by atoms with Crippen LogP contribution in [-0.4, -0.2) is 174 Å². The zero-order valence-electron chi connectivity index (χ0n) is 21.9. The highest BCUT2D eigenvalue weighted by Gasteiger charge is 2.58. The predicted octanol–water partition coefficient (Wildman–Crippen LogP) is -7.97. The van der Waals surface area contributed by atoms with Gasteiger partial charge in [0.2, 0.25) is 23.6 Å². The third-order valence-electron chi connectivity index (χ3n) is 5.23. The number of ether oxygens (including phenoxy) is 4. The minimum Gasteiger partial charge on any atom is -0.394 e. The first-order valence-corrected chi connectivity index (χ1v) is 11.8. The van der Waals surface area contributed by atoms with Crippen molar-refractivity contribution < 1.29 is 74.8 Å². The Kier molecular flexibility index (Phi) is 18.4. The van der Waals surface area contributed by atoms with Gasteiger partial charge < -0.3 is 92.0 Å². The Morgan fingerprint density at radius 1 is 0.732 bits per heavy atom. The minimum absolute atomic E-state index is 0.0278. The molecule has 1 aromatic rings. The zero-order valence-corrected chi connectivity index (χ0v) is 21.9. The van der Waals surface area contributed by atoms with E-state index in [2.05, 4.69) is 19.7 Å². The van der Waals surface area contributed by atoms with Crippen molar-refractivity contribution in [2.45, 2.75) is 54.8 Å². The minimum atomic E-state index is -2.22. The lowest BCUT2D eigenvalue weighted by Crippen LogP contribution is -2.62. The Labute approximate surface area is 233 Å². The number of nitrogens with zero attached hydrogens (tertiary/aromatic N) is 3. The molecule has 0 spiro atoms. The summed E-state index contributed by atoms with van der Waals surface area (Å²) in [6.07, 6.45) is -12.7. The highest BCUT2D eigenvalue weighted by Crippen LogP contribution is 2.35. The summed E-state index contributed by atoms with van der Waals surface area (Å²) in [5, 5.41) is 92.8. The first kappa shape index (κ1) is 38.5. The van der Waals surface area contributed by atoms with Gasteiger partial charge in [-0.05, 0) is 0 Å². The van der Waals surface area contributed by atoms with E-state index in [-0.39, 0.29) is 31.1 Å². The average molecular weight is 605 g/mol. The Hall–Kier alpha value is -2.48. The van der Waals surface area contributed by atoms with E-state index >= 15 is 0 Å². The fraction of sp³-hybridized carbons (Fsp3) is 0.800. The number of nitrogens with two attached hydrogens (primary N) is 3. The summed E-state index contributed by atoms with van der Waals surface area (Å²) < 4.78 is 20.1. The fourth-order valence-electron chi connectivity index (χ4n) is 3.29. The third kappa shape index (κ3) is 11.4. The van der Waals surface area contributed by atoms with Crippen LogP contribution in [0.3, 0.4) is 0 Å². The first-order valence-electron chi connectivity index (χ1n) is 11.8. The number of carbonyl (C=O) groups is 1. The molecule has 21 nitrogen and oxygen atoms in total. The van der Waals surface area contributed by atoms with Crippen molar-refractivity contribution in [2.75, 3.05) is 63.4 Å². The van der Waals surface area contributed by atoms with Crippen LogP contribution in [0, 0.1) is 0 Å². The van der Waals surface area contributed by atoms with Gasteiger partial charge in [0.15, 0.2) is 6.29 Å². The van der Waals surface area contributed by atoms with Gasteiger partial charge in [-0.15, -0.1) is 0 Å². The number of hydrogen-bond acceptors (Lipinski definition) is 21. The molecule has 9 atom stereocenters. The molecule has 0 bridgehead atoms. The van der Waals surface area contributed by atoms with Crippen LogP contribution in [0.25, 0.3) is 0 Å². The van der Waals surface area contributed by atoms with Crippen molar-refractivity contribution >= 4 is 24.6 Å². The largest absolute Gasteiger partial charge is 0.394 e. The van der Waals surface area contributed by atoms with Gasteiger partial charge in [0.1, 0.15) is 56.1 Å². The number of rotatable bonds is 9. The second-order valence-corrected chi connectivity index (χ2v) is 8.03. The van der Waals surface area contributed by atoms with Gasteiger partial charge in [-0.25, -0.2) is 0 Å². The van der Waals surface area contributed by atoms with Crippen LogP contribution in [-0.2, 0) is 23.7 Å². The number of hydrogen-bond donors (Lipinski definition) is 13. The summed E-state index contributed by atoms with van der Waals surface area (Å²) in [4.78, 5) is 18.5. The zero-order chi connectivity index (χ0) is 31.8. The van der Waals surface area contributed by atoms with E-state index in [1.54, 1.807) is 0 Å². The average Bonchev–Trinajstić information content (AvgIpc) is 3.19. The Bertz CT molecular complexity index is 794. The van der Waals surface area contributed by atoms with Crippen LogP contribution in [0.4, 0.5) is 17.8 Å². The monoisotopic (exact) mass is 604 g/mol. The smallest absolute Gasteiger partial charge is 0.226 e. The van der Waals surface area contributed by atoms with Crippen molar-refractivity contribution in [3.63, 3.8) is 0 Å². The third-order valence-corrected chi connectivity index (χ3v) is 5.23. The van der Waals surface area contributed by atoms with Gasteiger partial charge in [0.05, 0.1) is 39.6 Å². The molecule has 0 unspecified atom stereocenters. The van der Waals surface area contributed by atoms with Gasteiger partial charge in [-0.1, -0.05) is 0 Å². The lowest BCUT2D eigenvalue weighted by molar-refractivity contribution is -0.383. The molecule has 16 N–H and O–H groups in total. The Morgan fingerprint density at radius 2 is 1.20 bits per heavy atom. The molecule has 2 aliphatic heterocycles. The molecule has 41 heavy (non-hydrogen) atoms. The van der Waals surface area contributed by atoms with E-state index in [0.29, 0.717) is 13.2 Å². The van der Waals surface area contributed by atoms with Gasteiger partial charge in [0, 0.05) is 0 Å². The van der Waals surface area contributed by atoms with Crippen molar-refractivity contribution in [3.05, 3.63) is 0 Å². The topological polar surface area (TPSA) is 373 Å². The number of anilines is 3. The van der Waals surface area contributed by atoms with Gasteiger partial charge in [-0.2, -0.15) is 15.0 Å². The summed E-state index contributed by atoms with van der Waals surface area (Å²) in [6.45, 7) is 0.373. The van der Waals surface area contributed by atoms with Crippen LogP contribution in [0.5, 0.6) is 0 Å². The number of aliphatic hydroxyl groups excluding tert-OH is 10. The summed E-state index contributed by atoms with van der Waals surface area (Å²) >= 11 is 0. The van der Waals surface area contributed by atoms with Crippen molar-refractivity contribution in [2.24, 2.45) is 0 Å². The summed E-state index contributed by atoms with van der Waals surface area (Å²) in [6, 6.07) is 0. The molecule has 2 aliphatic rings. The van der Waals surface area contributed by atoms with Gasteiger partial charge >= 0.3 is 0 Å². The summed E-state index contributed by atoms with van der Waals surface area (Å²) in [5.41, 5.74) is 15.4. The Morgan fingerprint density at radius 3 is 1.56 bits per heavy atom. The van der Waals surface area contributed by atoms with Crippen molar-refractivity contribution in [1.29, 1.82) is 0 Å². The van der Waals surface area contributed by atoms with E-state index in [0.717, 1.165) is 0 Å². The van der Waals surface area contributed by atoms with Crippen molar-refractivity contribution in [3.8, 4) is 0 Å². The molecule has 0 radical (unpaired) electrons. The number of aromatic nitrogens is 3. The molecule has 0 aromatic carbocycles. The first-order chi connectivity index (χ1) is 19.4. The van der Waals surface area contributed by atoms with Gasteiger partial charge in [-0.3, -0.25) is 0 Å². The fourth-order valence-corrected chi connectivity index (χ4v) is 3.29. The van der Waals surface area contributed by atoms with E-state index in [4.69, 9.17) is 56.6 Å². The predicted molar refractivity (Wildman–Crippen MR) is 134 cm³/mol. The maximum absolute atomic E-state index is 10.00. The lowest BCUT2D eigenvalue weighted by atomic mass is 9.99. The van der Waals surface area contributed by atoms with E-state index in [1.165, 1.54) is 0 Å². The molecule has 0 amide bonds. The standard InChI is InChI=1S/C12H22O11.C4H10O3.C3H6N6.CH2O/c13-1-4-6(16)8(18)9(19)11(21-4)23-12(3-15)10(20)7(17)5(2-14)22-12;5-1-3-7-4-2-6;4-1-7-2(5)9-3(6)8-1;1-2/h4-11,13-20H,1-3H2;5-6H,1-4H2;(H6,4,5,6,7,8,9);1H2/t4-,5-,6-,7-,8+,9-,10+,11-,12-;;;/m1.../s1. The molecular formula is C20H40N6O15. The van der Waals surface area contributed by atoms with Gasteiger partial charge in [0.25, 0.3) is 0 Å². The van der Waals surface area contributed by atoms with E-state index < -0.39 is 74.6 Å². The molecular weight excluding hydrogens is 564 g/mol. The van der Waals surface area contributed by atoms with Crippen LogP contribution in [0.15, 0.2) is 0 Å². The van der Waals surface area contributed by atoms with Crippen LogP contribution in [0.2, 0.25) is 0 Å². The number of carbonyl (C=O) groups excluding carboxylic acids is 1. The highest BCUT2D eigenvalue weighted by molar-refractivity contribution is 5.33. The second kappa shape index (κ2) is 19.6. The normalized spacial score (nSPS) is 32.4. The molecule has 0 saturated carbocycles. The molecule has 240 valence electrons. The molecule has 1 aromatic heterocycles. The maximum atomic E-state index is 10.00. The van der Waals surface area contributed by atoms with Crippen LogP contribution < -0.4 is 17.2 Å². The summed E-state index contributed by atoms with van der Waals surface area (Å²) in [7, 11) is 0. The SMILES string of the molecule is C=O.Nc1nc(N)nc(N)n1.OCCOCCO.OC[C@H]1O[C@](CO)(O[C@H]2O[C@H](CO)[C@@H](O)[C@H](O)[C@H]2O)[C@@H](O)[C@@H]1O. The quantitative estimate of drug-likeness (QED) is 0.116. The molecule has 3 heterocycles. The molecule has 0 aliphatic carbocycles. The van der Waals surface area contributed by atoms with Crippen molar-refractivity contribution in [1.82, 2.24) is 15.0 Å². The number of aliphatic hydroxyl groups is 10. The van der Waals surface area contributed by atoms with E-state index in [9.17, 15) is 30.6 Å². The molecule has 3 rings (SSSR count). The van der Waals surface area contributed by atoms with E-state index in [1.807, 2.05) is 6.79 Å². The molecule has 21 heteroatoms. The highest BCUT2D eigenvalue weighted by atomic mass is 16.8. The summed E-state index contributed by atoms with van der Waals surface area (Å²) in [5.74, 6) is -2.10. The Balaban J connectivity index is 0.000000727. The second-order valence-electron chi connectivity index (χ2n) is 8.03. The lowest BCUT2D eigenvalue weighted by Gasteiger charge is -2.43. The maximum Gasteiger partial charge on any atom is 0.226 e. The molecule has 2 saturated heterocycles.